The van der Waals surface area contributed by atoms with Crippen molar-refractivity contribution in [3.05, 3.63) is 53.0 Å². The van der Waals surface area contributed by atoms with Crippen molar-refractivity contribution in [3.8, 4) is 0 Å². The molecule has 136 valence electrons. The summed E-state index contributed by atoms with van der Waals surface area (Å²) in [7, 11) is 0. The van der Waals surface area contributed by atoms with Crippen LogP contribution in [0.1, 0.15) is 31.0 Å². The minimum atomic E-state index is -0.0672. The van der Waals surface area contributed by atoms with Gasteiger partial charge >= 0.3 is 0 Å². The lowest BCUT2D eigenvalue weighted by molar-refractivity contribution is -0.130. The molecule has 1 aliphatic rings. The summed E-state index contributed by atoms with van der Waals surface area (Å²) in [6, 6.07) is 9.88. The summed E-state index contributed by atoms with van der Waals surface area (Å²) in [5, 5.41) is 5.44. The number of nitrogens with one attached hydrogen (secondary N) is 1. The first-order chi connectivity index (χ1) is 12.5. The third-order valence-corrected chi connectivity index (χ3v) is 5.47. The number of aromatic nitrogens is 1. The Hall–Kier alpha value is -2.47. The highest BCUT2D eigenvalue weighted by molar-refractivity contribution is 7.13. The highest BCUT2D eigenvalue weighted by Crippen LogP contribution is 2.22. The molecule has 0 saturated carbocycles. The zero-order valence-electron chi connectivity index (χ0n) is 15.1. The summed E-state index contributed by atoms with van der Waals surface area (Å²) in [6.07, 6.45) is 3.05. The summed E-state index contributed by atoms with van der Waals surface area (Å²) in [5.74, 6) is -0.0503. The van der Waals surface area contributed by atoms with Crippen molar-refractivity contribution in [1.29, 1.82) is 0 Å². The number of carbonyl (C=O) groups excluding carboxylic acids is 2. The van der Waals surface area contributed by atoms with Gasteiger partial charge in [-0.2, -0.15) is 0 Å². The molecule has 0 spiro atoms. The lowest BCUT2D eigenvalue weighted by Gasteiger charge is -2.30. The molecule has 2 heterocycles. The fourth-order valence-electron chi connectivity index (χ4n) is 3.04. The number of nitrogens with zero attached hydrogens (tertiary/aromatic N) is 2. The average Bonchev–Trinajstić information content (AvgIpc) is 3.07. The summed E-state index contributed by atoms with van der Waals surface area (Å²) in [4.78, 5) is 30.9. The van der Waals surface area contributed by atoms with Gasteiger partial charge in [0, 0.05) is 30.5 Å². The Morgan fingerprint density at radius 3 is 2.54 bits per heavy atom. The molecular formula is C20H23N3O2S. The Kier molecular flexibility index (Phi) is 5.83. The number of aryl methyl sites for hydroxylation is 1. The fraction of sp³-hybridized carbons (Fsp3) is 0.350. The van der Waals surface area contributed by atoms with Crippen LogP contribution in [0.3, 0.4) is 0 Å². The quantitative estimate of drug-likeness (QED) is 0.835. The van der Waals surface area contributed by atoms with E-state index < -0.39 is 0 Å². The number of thiazole rings is 1. The third-order valence-electron chi connectivity index (χ3n) is 4.60. The van der Waals surface area contributed by atoms with Crippen LogP contribution in [-0.2, 0) is 9.59 Å². The summed E-state index contributed by atoms with van der Waals surface area (Å²) >= 11 is 1.44. The van der Waals surface area contributed by atoms with Gasteiger partial charge in [-0.15, -0.1) is 11.3 Å². The van der Waals surface area contributed by atoms with E-state index in [-0.39, 0.29) is 17.7 Å². The molecule has 2 aromatic rings. The van der Waals surface area contributed by atoms with Crippen molar-refractivity contribution in [1.82, 2.24) is 9.88 Å². The second-order valence-corrected chi connectivity index (χ2v) is 7.43. The van der Waals surface area contributed by atoms with Crippen LogP contribution in [0.25, 0.3) is 5.57 Å². The van der Waals surface area contributed by atoms with E-state index in [2.05, 4.69) is 10.3 Å². The zero-order chi connectivity index (χ0) is 18.5. The average molecular weight is 369 g/mol. The van der Waals surface area contributed by atoms with E-state index in [1.165, 1.54) is 11.3 Å². The number of benzene rings is 1. The van der Waals surface area contributed by atoms with E-state index in [0.29, 0.717) is 31.1 Å². The molecule has 1 aliphatic heterocycles. The number of hydrogen-bond donors (Lipinski definition) is 1. The lowest BCUT2D eigenvalue weighted by Crippen LogP contribution is -2.40. The normalized spacial score (nSPS) is 15.8. The van der Waals surface area contributed by atoms with Crippen LogP contribution in [0.4, 0.5) is 5.13 Å². The Morgan fingerprint density at radius 1 is 1.23 bits per heavy atom. The molecule has 5 nitrogen and oxygen atoms in total. The molecule has 26 heavy (non-hydrogen) atoms. The number of anilines is 1. The number of rotatable bonds is 4. The van der Waals surface area contributed by atoms with Crippen molar-refractivity contribution in [2.75, 3.05) is 18.4 Å². The molecule has 3 rings (SSSR count). The van der Waals surface area contributed by atoms with Gasteiger partial charge in [-0.1, -0.05) is 30.3 Å². The van der Waals surface area contributed by atoms with Gasteiger partial charge < -0.3 is 10.2 Å². The number of carbonyl (C=O) groups is 2. The predicted molar refractivity (Wildman–Crippen MR) is 105 cm³/mol. The number of piperidine rings is 1. The highest BCUT2D eigenvalue weighted by Gasteiger charge is 2.27. The van der Waals surface area contributed by atoms with Gasteiger partial charge in [-0.05, 0) is 37.8 Å². The minimum absolute atomic E-state index is 0.00228. The molecular weight excluding hydrogens is 346 g/mol. The molecule has 6 heteroatoms. The number of allylic oxidation sites excluding steroid dienone is 1. The predicted octanol–water partition coefficient (Wildman–Crippen LogP) is 3.73. The van der Waals surface area contributed by atoms with Crippen LogP contribution >= 0.6 is 11.3 Å². The van der Waals surface area contributed by atoms with Gasteiger partial charge in [0.25, 0.3) is 0 Å². The van der Waals surface area contributed by atoms with E-state index in [9.17, 15) is 9.59 Å². The fourth-order valence-corrected chi connectivity index (χ4v) is 3.73. The van der Waals surface area contributed by atoms with Crippen molar-refractivity contribution >= 4 is 33.9 Å². The molecule has 0 atom stereocenters. The van der Waals surface area contributed by atoms with E-state index >= 15 is 0 Å². The van der Waals surface area contributed by atoms with Gasteiger partial charge in [-0.3, -0.25) is 9.59 Å². The third kappa shape index (κ3) is 4.58. The summed E-state index contributed by atoms with van der Waals surface area (Å²) in [6.45, 7) is 5.06. The standard InChI is InChI=1S/C20H23N3O2S/c1-14(16-6-4-3-5-7-16)12-18(24)23-10-8-17(9-11-23)19(25)22-20-21-15(2)13-26-20/h3-7,12-13,17H,8-11H2,1-2H3,(H,21,22,25)/b14-12-. The maximum atomic E-state index is 12.5. The molecule has 2 amide bonds. The minimum Gasteiger partial charge on any atom is -0.339 e. The molecule has 0 unspecified atom stereocenters. The van der Waals surface area contributed by atoms with Gasteiger partial charge in [0.05, 0.1) is 5.69 Å². The van der Waals surface area contributed by atoms with Crippen molar-refractivity contribution in [2.45, 2.75) is 26.7 Å². The second-order valence-electron chi connectivity index (χ2n) is 6.58. The van der Waals surface area contributed by atoms with E-state index in [4.69, 9.17) is 0 Å². The van der Waals surface area contributed by atoms with Crippen molar-refractivity contribution in [3.63, 3.8) is 0 Å². The molecule has 1 fully saturated rings. The molecule has 0 bridgehead atoms. The van der Waals surface area contributed by atoms with Crippen LogP contribution in [0.5, 0.6) is 0 Å². The second kappa shape index (κ2) is 8.27. The monoisotopic (exact) mass is 369 g/mol. The van der Waals surface area contributed by atoms with E-state index in [1.54, 1.807) is 6.08 Å². The molecule has 1 N–H and O–H groups in total. The van der Waals surface area contributed by atoms with E-state index in [1.807, 2.05) is 54.5 Å². The number of hydrogen-bond acceptors (Lipinski definition) is 4. The maximum Gasteiger partial charge on any atom is 0.246 e. The van der Waals surface area contributed by atoms with Crippen molar-refractivity contribution < 1.29 is 9.59 Å². The highest BCUT2D eigenvalue weighted by atomic mass is 32.1. The Labute approximate surface area is 157 Å². The SMILES string of the molecule is C/C(=C/C(=O)N1CCC(C(=O)Nc2nc(C)cs2)CC1)c1ccccc1. The smallest absolute Gasteiger partial charge is 0.246 e. The van der Waals surface area contributed by atoms with Crippen LogP contribution in [-0.4, -0.2) is 34.8 Å². The lowest BCUT2D eigenvalue weighted by atomic mass is 9.95. The van der Waals surface area contributed by atoms with Crippen LogP contribution in [0.15, 0.2) is 41.8 Å². The Bertz CT molecular complexity index is 805. The Balaban J connectivity index is 1.53. The first-order valence-electron chi connectivity index (χ1n) is 8.78. The maximum absolute atomic E-state index is 12.5. The van der Waals surface area contributed by atoms with Crippen LogP contribution < -0.4 is 5.32 Å². The first-order valence-corrected chi connectivity index (χ1v) is 9.66. The van der Waals surface area contributed by atoms with Gasteiger partial charge in [-0.25, -0.2) is 4.98 Å². The van der Waals surface area contributed by atoms with Gasteiger partial charge in [0.2, 0.25) is 11.8 Å². The largest absolute Gasteiger partial charge is 0.339 e. The number of likely N-dealkylation sites (tertiary alicyclic amines) is 1. The molecule has 1 aromatic heterocycles. The molecule has 0 radical (unpaired) electrons. The summed E-state index contributed by atoms with van der Waals surface area (Å²) in [5.41, 5.74) is 2.91. The van der Waals surface area contributed by atoms with Crippen LogP contribution in [0, 0.1) is 12.8 Å². The summed E-state index contributed by atoms with van der Waals surface area (Å²) < 4.78 is 0. The Morgan fingerprint density at radius 2 is 1.92 bits per heavy atom. The molecule has 0 aliphatic carbocycles. The zero-order valence-corrected chi connectivity index (χ0v) is 15.9. The van der Waals surface area contributed by atoms with Crippen LogP contribution in [0.2, 0.25) is 0 Å². The van der Waals surface area contributed by atoms with Crippen molar-refractivity contribution in [2.24, 2.45) is 5.92 Å². The van der Waals surface area contributed by atoms with Gasteiger partial charge in [0.15, 0.2) is 5.13 Å². The topological polar surface area (TPSA) is 62.3 Å². The molecule has 1 saturated heterocycles. The first kappa shape index (κ1) is 18.3. The molecule has 1 aromatic carbocycles. The van der Waals surface area contributed by atoms with Gasteiger partial charge in [0.1, 0.15) is 0 Å². The number of amides is 2. The van der Waals surface area contributed by atoms with E-state index in [0.717, 1.165) is 16.8 Å².